The van der Waals surface area contributed by atoms with Gasteiger partial charge in [-0.15, -0.1) is 0 Å². The topological polar surface area (TPSA) is 55.1 Å². The third kappa shape index (κ3) is 2.07. The minimum absolute atomic E-state index is 0.0202. The quantitative estimate of drug-likeness (QED) is 0.793. The molecule has 14 heavy (non-hydrogen) atoms. The first kappa shape index (κ1) is 9.52. The van der Waals surface area contributed by atoms with Gasteiger partial charge in [0.05, 0.1) is 0 Å². The van der Waals surface area contributed by atoms with Gasteiger partial charge in [0.1, 0.15) is 0 Å². The molecule has 0 spiro atoms. The number of halogens is 1. The number of anilines is 1. The summed E-state index contributed by atoms with van der Waals surface area (Å²) >= 11 is 3.29. The molecule has 1 aromatic carbocycles. The van der Waals surface area contributed by atoms with Crippen molar-refractivity contribution in [2.75, 3.05) is 5.73 Å². The highest BCUT2D eigenvalue weighted by Gasteiger charge is 2.23. The van der Waals surface area contributed by atoms with Crippen LogP contribution in [0.4, 0.5) is 5.69 Å². The highest BCUT2D eigenvalue weighted by molar-refractivity contribution is 9.10. The Balaban J connectivity index is 2.14. The van der Waals surface area contributed by atoms with Crippen LogP contribution in [0.1, 0.15) is 23.2 Å². The van der Waals surface area contributed by atoms with Crippen LogP contribution in [0.15, 0.2) is 22.7 Å². The molecule has 0 radical (unpaired) electrons. The number of carbonyl (C=O) groups is 1. The SMILES string of the molecule is Nc1ccc(C(=O)NC2CC2)cc1Br. The zero-order valence-electron chi connectivity index (χ0n) is 7.59. The molecule has 2 rings (SSSR count). The first-order valence-electron chi connectivity index (χ1n) is 4.52. The number of nitrogen functional groups attached to an aromatic ring is 1. The lowest BCUT2D eigenvalue weighted by atomic mass is 10.2. The molecule has 1 amide bonds. The Morgan fingerprint density at radius 2 is 2.21 bits per heavy atom. The highest BCUT2D eigenvalue weighted by Crippen LogP contribution is 2.22. The van der Waals surface area contributed by atoms with Crippen LogP contribution >= 0.6 is 15.9 Å². The van der Waals surface area contributed by atoms with E-state index in [1.165, 1.54) is 0 Å². The molecule has 0 aliphatic heterocycles. The molecule has 1 aromatic rings. The molecule has 0 atom stereocenters. The number of hydrogen-bond acceptors (Lipinski definition) is 2. The van der Waals surface area contributed by atoms with E-state index in [9.17, 15) is 4.79 Å². The molecular formula is C10H11BrN2O. The maximum atomic E-state index is 11.6. The average molecular weight is 255 g/mol. The van der Waals surface area contributed by atoms with Gasteiger partial charge in [-0.05, 0) is 47.0 Å². The number of amides is 1. The fourth-order valence-corrected chi connectivity index (χ4v) is 1.54. The van der Waals surface area contributed by atoms with Crippen LogP contribution in [0, 0.1) is 0 Å². The lowest BCUT2D eigenvalue weighted by molar-refractivity contribution is 0.0951. The van der Waals surface area contributed by atoms with Crippen LogP contribution < -0.4 is 11.1 Å². The Morgan fingerprint density at radius 3 is 2.79 bits per heavy atom. The van der Waals surface area contributed by atoms with E-state index in [-0.39, 0.29) is 5.91 Å². The predicted molar refractivity (Wildman–Crippen MR) is 59.0 cm³/mol. The Morgan fingerprint density at radius 1 is 1.50 bits per heavy atom. The molecule has 0 saturated heterocycles. The van der Waals surface area contributed by atoms with E-state index in [4.69, 9.17) is 5.73 Å². The normalized spacial score (nSPS) is 15.2. The van der Waals surface area contributed by atoms with Crippen molar-refractivity contribution in [3.05, 3.63) is 28.2 Å². The molecule has 0 unspecified atom stereocenters. The van der Waals surface area contributed by atoms with E-state index < -0.39 is 0 Å². The summed E-state index contributed by atoms with van der Waals surface area (Å²) < 4.78 is 0.765. The monoisotopic (exact) mass is 254 g/mol. The van der Waals surface area contributed by atoms with Gasteiger partial charge in [0.25, 0.3) is 5.91 Å². The molecule has 0 heterocycles. The summed E-state index contributed by atoms with van der Waals surface area (Å²) in [7, 11) is 0. The Labute approximate surface area is 90.8 Å². The molecule has 1 saturated carbocycles. The van der Waals surface area contributed by atoms with Crippen LogP contribution in [0.3, 0.4) is 0 Å². The number of carbonyl (C=O) groups excluding carboxylic acids is 1. The number of benzene rings is 1. The third-order valence-corrected chi connectivity index (χ3v) is 2.86. The molecule has 74 valence electrons. The van der Waals surface area contributed by atoms with Gasteiger partial charge in [0.15, 0.2) is 0 Å². The van der Waals surface area contributed by atoms with Gasteiger partial charge in [-0.25, -0.2) is 0 Å². The molecule has 1 fully saturated rings. The van der Waals surface area contributed by atoms with Crippen LogP contribution in [0.2, 0.25) is 0 Å². The summed E-state index contributed by atoms with van der Waals surface area (Å²) in [6.07, 6.45) is 2.20. The standard InChI is InChI=1S/C10H11BrN2O/c11-8-5-6(1-4-9(8)12)10(14)13-7-2-3-7/h1,4-5,7H,2-3,12H2,(H,13,14). The Kier molecular flexibility index (Phi) is 2.46. The number of nitrogens with two attached hydrogens (primary N) is 1. The molecule has 0 aromatic heterocycles. The molecule has 4 heteroatoms. The smallest absolute Gasteiger partial charge is 0.251 e. The van der Waals surface area contributed by atoms with Crippen LogP contribution in [0.25, 0.3) is 0 Å². The van der Waals surface area contributed by atoms with Crippen molar-refractivity contribution in [3.8, 4) is 0 Å². The second-order valence-corrected chi connectivity index (χ2v) is 4.34. The summed E-state index contributed by atoms with van der Waals surface area (Å²) in [5.41, 5.74) is 6.92. The zero-order valence-corrected chi connectivity index (χ0v) is 9.17. The summed E-state index contributed by atoms with van der Waals surface area (Å²) in [5, 5.41) is 2.92. The van der Waals surface area contributed by atoms with Crippen LogP contribution in [-0.2, 0) is 0 Å². The van der Waals surface area contributed by atoms with E-state index in [2.05, 4.69) is 21.2 Å². The molecular weight excluding hydrogens is 244 g/mol. The summed E-state index contributed by atoms with van der Waals surface area (Å²) in [4.78, 5) is 11.6. The fourth-order valence-electron chi connectivity index (χ4n) is 1.16. The lowest BCUT2D eigenvalue weighted by Gasteiger charge is -2.04. The summed E-state index contributed by atoms with van der Waals surface area (Å²) in [6, 6.07) is 5.59. The van der Waals surface area contributed by atoms with E-state index >= 15 is 0 Å². The highest BCUT2D eigenvalue weighted by atomic mass is 79.9. The molecule has 3 N–H and O–H groups in total. The van der Waals surface area contributed by atoms with Crippen molar-refractivity contribution in [3.63, 3.8) is 0 Å². The summed E-state index contributed by atoms with van der Waals surface area (Å²) in [5.74, 6) is -0.0202. The maximum absolute atomic E-state index is 11.6. The minimum atomic E-state index is -0.0202. The van der Waals surface area contributed by atoms with E-state index in [1.807, 2.05) is 0 Å². The van der Waals surface area contributed by atoms with Crippen molar-refractivity contribution in [1.29, 1.82) is 0 Å². The zero-order chi connectivity index (χ0) is 10.1. The number of rotatable bonds is 2. The Bertz CT molecular complexity index is 374. The van der Waals surface area contributed by atoms with Gasteiger partial charge in [-0.3, -0.25) is 4.79 Å². The number of hydrogen-bond donors (Lipinski definition) is 2. The molecule has 0 bridgehead atoms. The van der Waals surface area contributed by atoms with Crippen molar-refractivity contribution >= 4 is 27.5 Å². The van der Waals surface area contributed by atoms with Crippen LogP contribution in [-0.4, -0.2) is 11.9 Å². The van der Waals surface area contributed by atoms with E-state index in [0.717, 1.165) is 17.3 Å². The maximum Gasteiger partial charge on any atom is 0.251 e. The summed E-state index contributed by atoms with van der Waals surface area (Å²) in [6.45, 7) is 0. The minimum Gasteiger partial charge on any atom is -0.398 e. The Hall–Kier alpha value is -1.03. The first-order valence-corrected chi connectivity index (χ1v) is 5.32. The second-order valence-electron chi connectivity index (χ2n) is 3.48. The second kappa shape index (κ2) is 3.61. The van der Waals surface area contributed by atoms with Gasteiger partial charge >= 0.3 is 0 Å². The van der Waals surface area contributed by atoms with Gasteiger partial charge in [-0.2, -0.15) is 0 Å². The molecule has 1 aliphatic carbocycles. The number of nitrogens with one attached hydrogen (secondary N) is 1. The van der Waals surface area contributed by atoms with Crippen molar-refractivity contribution in [2.24, 2.45) is 0 Å². The van der Waals surface area contributed by atoms with E-state index in [1.54, 1.807) is 18.2 Å². The van der Waals surface area contributed by atoms with Crippen molar-refractivity contribution in [2.45, 2.75) is 18.9 Å². The average Bonchev–Trinajstić information content (AvgIpc) is 2.93. The van der Waals surface area contributed by atoms with Crippen molar-refractivity contribution in [1.82, 2.24) is 5.32 Å². The largest absolute Gasteiger partial charge is 0.398 e. The van der Waals surface area contributed by atoms with E-state index in [0.29, 0.717) is 17.3 Å². The molecule has 1 aliphatic rings. The molecule has 3 nitrogen and oxygen atoms in total. The van der Waals surface area contributed by atoms with Gasteiger partial charge in [0, 0.05) is 21.8 Å². The van der Waals surface area contributed by atoms with Gasteiger partial charge in [-0.1, -0.05) is 0 Å². The van der Waals surface area contributed by atoms with Gasteiger partial charge < -0.3 is 11.1 Å². The fraction of sp³-hybridized carbons (Fsp3) is 0.300. The van der Waals surface area contributed by atoms with Crippen LogP contribution in [0.5, 0.6) is 0 Å². The first-order chi connectivity index (χ1) is 6.66. The van der Waals surface area contributed by atoms with Crippen molar-refractivity contribution < 1.29 is 4.79 Å². The third-order valence-electron chi connectivity index (χ3n) is 2.18. The predicted octanol–water partition coefficient (Wildman–Crippen LogP) is 1.92. The van der Waals surface area contributed by atoms with Gasteiger partial charge in [0.2, 0.25) is 0 Å². The lowest BCUT2D eigenvalue weighted by Crippen LogP contribution is -2.25.